The minimum absolute atomic E-state index is 0.0201. The number of amides is 1. The highest BCUT2D eigenvalue weighted by Crippen LogP contribution is 2.45. The van der Waals surface area contributed by atoms with Gasteiger partial charge in [0.1, 0.15) is 12.4 Å². The summed E-state index contributed by atoms with van der Waals surface area (Å²) in [6.45, 7) is 1.33. The van der Waals surface area contributed by atoms with Crippen LogP contribution in [0.4, 0.5) is 15.2 Å². The number of thiazole rings is 1. The largest absolute Gasteiger partial charge is 0.458 e. The third-order valence-electron chi connectivity index (χ3n) is 5.48. The summed E-state index contributed by atoms with van der Waals surface area (Å²) >= 11 is 7.16. The Hall–Kier alpha value is -2.77. The van der Waals surface area contributed by atoms with Gasteiger partial charge in [0, 0.05) is 17.3 Å². The summed E-state index contributed by atoms with van der Waals surface area (Å²) in [5, 5.41) is 2.64. The Kier molecular flexibility index (Phi) is 6.07. The maximum absolute atomic E-state index is 14.2. The Balaban J connectivity index is 1.49. The first-order chi connectivity index (χ1) is 14.9. The Bertz CT molecular complexity index is 1110. The molecule has 0 atom stereocenters. The molecule has 1 aliphatic rings. The van der Waals surface area contributed by atoms with Crippen molar-refractivity contribution in [1.82, 2.24) is 4.98 Å². The Morgan fingerprint density at radius 3 is 2.52 bits per heavy atom. The average molecular weight is 459 g/mol. The van der Waals surface area contributed by atoms with Gasteiger partial charge in [0.25, 0.3) is 0 Å². The van der Waals surface area contributed by atoms with Crippen LogP contribution >= 0.6 is 22.9 Å². The van der Waals surface area contributed by atoms with E-state index in [0.29, 0.717) is 15.8 Å². The molecule has 5 nitrogen and oxygen atoms in total. The fraction of sp³-hybridized carbons (Fsp3) is 0.261. The quantitative estimate of drug-likeness (QED) is 0.439. The topological polar surface area (TPSA) is 59.5 Å². The van der Waals surface area contributed by atoms with Gasteiger partial charge in [0.2, 0.25) is 5.91 Å². The van der Waals surface area contributed by atoms with Crippen molar-refractivity contribution >= 4 is 45.6 Å². The maximum Gasteiger partial charge on any atom is 0.316 e. The number of hydrogen-bond acceptors (Lipinski definition) is 5. The second-order valence-corrected chi connectivity index (χ2v) is 8.72. The molecule has 0 bridgehead atoms. The molecule has 1 aliphatic carbocycles. The van der Waals surface area contributed by atoms with E-state index < -0.39 is 11.2 Å². The molecule has 31 heavy (non-hydrogen) atoms. The SMILES string of the molecule is CC(=O)N(c1nc(COC(=O)C2(c3ccc(Cl)cc3)CCC2)cs1)c1ccccc1F. The Morgan fingerprint density at radius 1 is 1.19 bits per heavy atom. The van der Waals surface area contributed by atoms with E-state index in [9.17, 15) is 14.0 Å². The normalized spacial score (nSPS) is 14.5. The van der Waals surface area contributed by atoms with Crippen LogP contribution < -0.4 is 4.90 Å². The number of nitrogens with zero attached hydrogens (tertiary/aromatic N) is 2. The highest BCUT2D eigenvalue weighted by Gasteiger charge is 2.47. The van der Waals surface area contributed by atoms with Crippen LogP contribution in [-0.4, -0.2) is 16.9 Å². The molecular weight excluding hydrogens is 439 g/mol. The Labute approximate surface area is 188 Å². The van der Waals surface area contributed by atoms with Crippen molar-refractivity contribution in [1.29, 1.82) is 0 Å². The number of ether oxygens (including phenoxy) is 1. The third-order valence-corrected chi connectivity index (χ3v) is 6.61. The van der Waals surface area contributed by atoms with Gasteiger partial charge >= 0.3 is 5.97 Å². The number of carbonyl (C=O) groups is 2. The predicted octanol–water partition coefficient (Wildman–Crippen LogP) is 5.79. The summed E-state index contributed by atoms with van der Waals surface area (Å²) in [7, 11) is 0. The van der Waals surface area contributed by atoms with Gasteiger partial charge in [-0.05, 0) is 42.7 Å². The number of para-hydroxylation sites is 1. The summed E-state index contributed by atoms with van der Waals surface area (Å²) in [5.41, 5.74) is 0.877. The van der Waals surface area contributed by atoms with Crippen molar-refractivity contribution in [2.45, 2.75) is 38.2 Å². The van der Waals surface area contributed by atoms with Gasteiger partial charge in [-0.3, -0.25) is 14.5 Å². The van der Waals surface area contributed by atoms with Crippen LogP contribution in [0.25, 0.3) is 0 Å². The molecule has 4 rings (SSSR count). The molecule has 0 unspecified atom stereocenters. The lowest BCUT2D eigenvalue weighted by Crippen LogP contribution is -2.43. The van der Waals surface area contributed by atoms with Crippen molar-refractivity contribution in [3.05, 3.63) is 76.0 Å². The van der Waals surface area contributed by atoms with Crippen LogP contribution in [0, 0.1) is 5.82 Å². The Morgan fingerprint density at radius 2 is 1.90 bits per heavy atom. The van der Waals surface area contributed by atoms with E-state index >= 15 is 0 Å². The van der Waals surface area contributed by atoms with Crippen molar-refractivity contribution < 1.29 is 18.7 Å². The number of carbonyl (C=O) groups excluding carboxylic acids is 2. The molecule has 0 N–H and O–H groups in total. The lowest BCUT2D eigenvalue weighted by atomic mass is 9.64. The molecule has 160 valence electrons. The second-order valence-electron chi connectivity index (χ2n) is 7.45. The summed E-state index contributed by atoms with van der Waals surface area (Å²) in [6.07, 6.45) is 2.40. The van der Waals surface area contributed by atoms with Crippen LogP contribution in [-0.2, 0) is 26.3 Å². The van der Waals surface area contributed by atoms with E-state index in [-0.39, 0.29) is 24.2 Å². The zero-order chi connectivity index (χ0) is 22.0. The first-order valence-corrected chi connectivity index (χ1v) is 11.1. The average Bonchev–Trinajstić information content (AvgIpc) is 3.17. The molecule has 0 spiro atoms. The van der Waals surface area contributed by atoms with Gasteiger partial charge in [-0.1, -0.05) is 42.3 Å². The fourth-order valence-electron chi connectivity index (χ4n) is 3.69. The third kappa shape index (κ3) is 4.20. The van der Waals surface area contributed by atoms with Crippen LogP contribution in [0.2, 0.25) is 5.02 Å². The number of aromatic nitrogens is 1. The second kappa shape index (κ2) is 8.77. The molecule has 1 aromatic heterocycles. The number of esters is 1. The predicted molar refractivity (Wildman–Crippen MR) is 118 cm³/mol. The van der Waals surface area contributed by atoms with Gasteiger partial charge in [0.05, 0.1) is 16.8 Å². The number of benzene rings is 2. The highest BCUT2D eigenvalue weighted by molar-refractivity contribution is 7.14. The van der Waals surface area contributed by atoms with Crippen molar-refractivity contribution in [3.63, 3.8) is 0 Å². The fourth-order valence-corrected chi connectivity index (χ4v) is 4.68. The zero-order valence-corrected chi connectivity index (χ0v) is 18.4. The van der Waals surface area contributed by atoms with Crippen molar-refractivity contribution in [2.24, 2.45) is 0 Å². The van der Waals surface area contributed by atoms with Crippen LogP contribution in [0.5, 0.6) is 0 Å². The molecule has 3 aromatic rings. The van der Waals surface area contributed by atoms with Crippen molar-refractivity contribution in [3.8, 4) is 0 Å². The van der Waals surface area contributed by atoms with Gasteiger partial charge in [0.15, 0.2) is 5.13 Å². The molecule has 1 fully saturated rings. The van der Waals surface area contributed by atoms with Crippen molar-refractivity contribution in [2.75, 3.05) is 4.90 Å². The smallest absolute Gasteiger partial charge is 0.316 e. The summed E-state index contributed by atoms with van der Waals surface area (Å²) in [6, 6.07) is 13.3. The van der Waals surface area contributed by atoms with Gasteiger partial charge < -0.3 is 4.74 Å². The molecule has 1 saturated carbocycles. The lowest BCUT2D eigenvalue weighted by molar-refractivity contribution is -0.156. The minimum Gasteiger partial charge on any atom is -0.458 e. The first-order valence-electron chi connectivity index (χ1n) is 9.83. The van der Waals surface area contributed by atoms with E-state index in [2.05, 4.69) is 4.98 Å². The lowest BCUT2D eigenvalue weighted by Gasteiger charge is -2.39. The zero-order valence-electron chi connectivity index (χ0n) is 16.8. The summed E-state index contributed by atoms with van der Waals surface area (Å²) in [5.74, 6) is -1.18. The van der Waals surface area contributed by atoms with E-state index in [1.807, 2.05) is 12.1 Å². The minimum atomic E-state index is -0.651. The monoisotopic (exact) mass is 458 g/mol. The van der Waals surface area contributed by atoms with Gasteiger partial charge in [-0.2, -0.15) is 0 Å². The van der Waals surface area contributed by atoms with E-state index in [1.54, 1.807) is 29.6 Å². The van der Waals surface area contributed by atoms with E-state index in [4.69, 9.17) is 16.3 Å². The van der Waals surface area contributed by atoms with Crippen LogP contribution in [0.3, 0.4) is 0 Å². The summed E-state index contributed by atoms with van der Waals surface area (Å²) in [4.78, 5) is 30.7. The molecule has 8 heteroatoms. The molecule has 2 aromatic carbocycles. The van der Waals surface area contributed by atoms with Gasteiger partial charge in [-0.15, -0.1) is 11.3 Å². The molecule has 1 heterocycles. The number of halogens is 2. The highest BCUT2D eigenvalue weighted by atomic mass is 35.5. The number of rotatable bonds is 6. The van der Waals surface area contributed by atoms with E-state index in [1.165, 1.54) is 35.3 Å². The standard InChI is InChI=1S/C23H20ClFN2O3S/c1-15(28)27(20-6-3-2-5-19(20)25)22-26-18(14-31-22)13-30-21(29)23(11-4-12-23)16-7-9-17(24)10-8-16/h2-3,5-10,14H,4,11-13H2,1H3. The number of anilines is 2. The first kappa shape index (κ1) is 21.5. The maximum atomic E-state index is 14.2. The molecule has 0 radical (unpaired) electrons. The van der Waals surface area contributed by atoms with E-state index in [0.717, 1.165) is 24.8 Å². The van der Waals surface area contributed by atoms with Crippen LogP contribution in [0.1, 0.15) is 37.4 Å². The molecule has 0 saturated heterocycles. The molecule has 1 amide bonds. The summed E-state index contributed by atoms with van der Waals surface area (Å²) < 4.78 is 19.8. The van der Waals surface area contributed by atoms with Gasteiger partial charge in [-0.25, -0.2) is 9.37 Å². The molecular formula is C23H20ClFN2O3S. The molecule has 0 aliphatic heterocycles. The number of hydrogen-bond donors (Lipinski definition) is 0. The van der Waals surface area contributed by atoms with Crippen LogP contribution in [0.15, 0.2) is 53.9 Å².